The number of nitrogens with zero attached hydrogens (tertiary/aromatic N) is 1. The Morgan fingerprint density at radius 3 is 2.23 bits per heavy atom. The molecule has 0 aromatic heterocycles. The molecule has 8 heteroatoms. The zero-order valence-corrected chi connectivity index (χ0v) is 25.2. The molecule has 3 aromatic rings. The van der Waals surface area contributed by atoms with E-state index in [4.69, 9.17) is 21.7 Å². The van der Waals surface area contributed by atoms with Gasteiger partial charge in [-0.25, -0.2) is 4.79 Å². The fourth-order valence-corrected chi connectivity index (χ4v) is 7.92. The predicted octanol–water partition coefficient (Wildman–Crippen LogP) is 7.97. The highest BCUT2D eigenvalue weighted by molar-refractivity contribution is 8.32. The minimum atomic E-state index is -0.828. The summed E-state index contributed by atoms with van der Waals surface area (Å²) in [5.74, 6) is 0.188. The molecule has 5 rings (SSSR count). The molecule has 0 fully saturated rings. The highest BCUT2D eigenvalue weighted by Gasteiger charge is 2.46. The first kappa shape index (κ1) is 28.2. The summed E-state index contributed by atoms with van der Waals surface area (Å²) >= 11 is 9.08. The number of carbonyl (C=O) groups excluding carboxylic acids is 2. The Kier molecular flexibility index (Phi) is 8.21. The van der Waals surface area contributed by atoms with E-state index in [2.05, 4.69) is 0 Å². The number of amides is 1. The first-order valence-electron chi connectivity index (χ1n) is 13.1. The Hall–Kier alpha value is -3.33. The molecule has 0 saturated carbocycles. The number of rotatable bonds is 6. The first-order valence-corrected chi connectivity index (χ1v) is 15.1. The Morgan fingerprint density at radius 1 is 0.900 bits per heavy atom. The number of benzene rings is 3. The third kappa shape index (κ3) is 5.11. The fraction of sp³-hybridized carbons (Fsp3) is 0.219. The standard InChI is InChI=1S/C32H29NO4S3/c1-5-36-22-17-18-24-23(19-22)25(28(38)32(3,4)33(24)29(34)21-15-11-8-12-16-21)31-39-26(20-13-9-7-10-14-20)27(40-31)30(35)37-6-2/h7-19H,5-6H2,1-4H3/b31-25-. The molecule has 40 heavy (non-hydrogen) atoms. The zero-order valence-electron chi connectivity index (χ0n) is 22.7. The molecule has 0 aliphatic carbocycles. The lowest BCUT2D eigenvalue weighted by Gasteiger charge is -2.45. The van der Waals surface area contributed by atoms with Gasteiger partial charge in [0, 0.05) is 21.6 Å². The molecule has 1 amide bonds. The van der Waals surface area contributed by atoms with Gasteiger partial charge in [0.25, 0.3) is 5.91 Å². The topological polar surface area (TPSA) is 55.8 Å². The van der Waals surface area contributed by atoms with E-state index in [0.29, 0.717) is 27.7 Å². The predicted molar refractivity (Wildman–Crippen MR) is 170 cm³/mol. The summed E-state index contributed by atoms with van der Waals surface area (Å²) in [6.07, 6.45) is 0. The van der Waals surface area contributed by atoms with Crippen LogP contribution in [0, 0.1) is 0 Å². The second-order valence-corrected chi connectivity index (χ2v) is 12.3. The van der Waals surface area contributed by atoms with Crippen molar-refractivity contribution in [3.8, 4) is 5.75 Å². The number of hydrogen-bond acceptors (Lipinski definition) is 7. The van der Waals surface area contributed by atoms with Crippen LogP contribution < -0.4 is 9.64 Å². The quantitative estimate of drug-likeness (QED) is 0.165. The first-order chi connectivity index (χ1) is 19.3. The molecule has 204 valence electrons. The van der Waals surface area contributed by atoms with Crippen LogP contribution in [0.4, 0.5) is 5.69 Å². The van der Waals surface area contributed by atoms with Crippen LogP contribution in [-0.4, -0.2) is 35.5 Å². The van der Waals surface area contributed by atoms with Gasteiger partial charge in [0.1, 0.15) is 10.7 Å². The number of hydrogen-bond donors (Lipinski definition) is 0. The van der Waals surface area contributed by atoms with Gasteiger partial charge in [-0.1, -0.05) is 84.3 Å². The minimum absolute atomic E-state index is 0.135. The van der Waals surface area contributed by atoms with Gasteiger partial charge in [0.15, 0.2) is 0 Å². The highest BCUT2D eigenvalue weighted by Crippen LogP contribution is 2.59. The Morgan fingerprint density at radius 2 is 1.57 bits per heavy atom. The molecule has 0 radical (unpaired) electrons. The average Bonchev–Trinajstić information content (AvgIpc) is 3.40. The van der Waals surface area contributed by atoms with Crippen molar-refractivity contribution in [1.29, 1.82) is 0 Å². The van der Waals surface area contributed by atoms with Gasteiger partial charge in [-0.2, -0.15) is 0 Å². The molecule has 2 heterocycles. The summed E-state index contributed by atoms with van der Waals surface area (Å²) in [5.41, 5.74) is 3.06. The summed E-state index contributed by atoms with van der Waals surface area (Å²) in [4.78, 5) is 30.8. The van der Waals surface area contributed by atoms with Gasteiger partial charge in [-0.3, -0.25) is 9.69 Å². The lowest BCUT2D eigenvalue weighted by molar-refractivity contribution is -0.137. The van der Waals surface area contributed by atoms with E-state index >= 15 is 0 Å². The van der Waals surface area contributed by atoms with Crippen molar-refractivity contribution < 1.29 is 19.1 Å². The Balaban J connectivity index is 1.70. The maximum atomic E-state index is 14.0. The SMILES string of the molecule is CCOC(=O)C1=C(c2ccccc2)S/C(=C2/C(=S)C(C)(C)N(C(=O)c3ccccc3)c3ccc(OCC)cc32)S1. The zero-order chi connectivity index (χ0) is 28.4. The molecule has 0 spiro atoms. The van der Waals surface area contributed by atoms with Crippen molar-refractivity contribution in [3.05, 3.63) is 105 Å². The third-order valence-corrected chi connectivity index (χ3v) is 9.98. The monoisotopic (exact) mass is 587 g/mol. The number of anilines is 1. The van der Waals surface area contributed by atoms with Crippen LogP contribution >= 0.6 is 35.7 Å². The van der Waals surface area contributed by atoms with E-state index in [1.54, 1.807) is 11.8 Å². The third-order valence-electron chi connectivity index (χ3n) is 6.65. The van der Waals surface area contributed by atoms with Crippen molar-refractivity contribution in [3.63, 3.8) is 0 Å². The smallest absolute Gasteiger partial charge is 0.346 e. The van der Waals surface area contributed by atoms with Crippen molar-refractivity contribution >= 4 is 68.6 Å². The largest absolute Gasteiger partial charge is 0.494 e. The van der Waals surface area contributed by atoms with Crippen LogP contribution in [-0.2, 0) is 9.53 Å². The molecule has 0 bridgehead atoms. The van der Waals surface area contributed by atoms with E-state index in [-0.39, 0.29) is 18.5 Å². The molecular weight excluding hydrogens is 559 g/mol. The molecule has 2 aliphatic heterocycles. The van der Waals surface area contributed by atoms with Gasteiger partial charge in [0.05, 0.1) is 33.5 Å². The number of carbonyl (C=O) groups is 2. The second-order valence-electron chi connectivity index (χ2n) is 9.62. The summed E-state index contributed by atoms with van der Waals surface area (Å²) in [6.45, 7) is 8.46. The van der Waals surface area contributed by atoms with Crippen molar-refractivity contribution in [1.82, 2.24) is 0 Å². The van der Waals surface area contributed by atoms with Gasteiger partial charge in [-0.15, -0.1) is 0 Å². The van der Waals surface area contributed by atoms with Gasteiger partial charge in [-0.05, 0) is 63.6 Å². The summed E-state index contributed by atoms with van der Waals surface area (Å²) in [5, 5.41) is 0. The van der Waals surface area contributed by atoms with E-state index in [1.807, 2.05) is 99.6 Å². The van der Waals surface area contributed by atoms with Crippen molar-refractivity contribution in [2.45, 2.75) is 33.2 Å². The fourth-order valence-electron chi connectivity index (χ4n) is 4.79. The van der Waals surface area contributed by atoms with E-state index in [9.17, 15) is 9.59 Å². The summed E-state index contributed by atoms with van der Waals surface area (Å²) in [7, 11) is 0. The van der Waals surface area contributed by atoms with Crippen LogP contribution in [0.3, 0.4) is 0 Å². The van der Waals surface area contributed by atoms with Crippen LogP contribution in [0.25, 0.3) is 10.5 Å². The average molecular weight is 588 g/mol. The summed E-state index contributed by atoms with van der Waals surface area (Å²) in [6, 6.07) is 24.8. The normalized spacial score (nSPS) is 18.0. The molecular formula is C32H29NO4S3. The molecule has 5 nitrogen and oxygen atoms in total. The number of ether oxygens (including phenoxy) is 2. The molecule has 2 aliphatic rings. The van der Waals surface area contributed by atoms with Crippen molar-refractivity contribution in [2.75, 3.05) is 18.1 Å². The van der Waals surface area contributed by atoms with Crippen LogP contribution in [0.15, 0.2) is 88.0 Å². The van der Waals surface area contributed by atoms with E-state index in [1.165, 1.54) is 23.5 Å². The lowest BCUT2D eigenvalue weighted by atomic mass is 9.82. The number of esters is 1. The maximum Gasteiger partial charge on any atom is 0.346 e. The van der Waals surface area contributed by atoms with E-state index < -0.39 is 5.54 Å². The van der Waals surface area contributed by atoms with Gasteiger partial charge < -0.3 is 9.47 Å². The number of thioether (sulfide) groups is 2. The van der Waals surface area contributed by atoms with Crippen LogP contribution in [0.2, 0.25) is 0 Å². The highest BCUT2D eigenvalue weighted by atomic mass is 32.2. The molecule has 0 N–H and O–H groups in total. The van der Waals surface area contributed by atoms with Crippen LogP contribution in [0.1, 0.15) is 49.2 Å². The number of thiocarbonyl (C=S) groups is 1. The molecule has 0 unspecified atom stereocenters. The lowest BCUT2D eigenvalue weighted by Crippen LogP contribution is -2.55. The van der Waals surface area contributed by atoms with Crippen molar-refractivity contribution in [2.24, 2.45) is 0 Å². The molecule has 0 atom stereocenters. The molecule has 3 aromatic carbocycles. The minimum Gasteiger partial charge on any atom is -0.494 e. The Bertz CT molecular complexity index is 1540. The molecule has 0 saturated heterocycles. The summed E-state index contributed by atoms with van der Waals surface area (Å²) < 4.78 is 12.2. The number of fused-ring (bicyclic) bond motifs is 1. The van der Waals surface area contributed by atoms with E-state index in [0.717, 1.165) is 31.5 Å². The second kappa shape index (κ2) is 11.6. The Labute approximate surface area is 248 Å². The van der Waals surface area contributed by atoms with Gasteiger partial charge in [0.2, 0.25) is 0 Å². The maximum absolute atomic E-state index is 14.0. The van der Waals surface area contributed by atoms with Crippen LogP contribution in [0.5, 0.6) is 5.75 Å². The van der Waals surface area contributed by atoms with Gasteiger partial charge >= 0.3 is 5.97 Å².